The number of hydrogen-bond acceptors (Lipinski definition) is 4. The molecule has 0 aliphatic heterocycles. The fraction of sp³-hybridized carbons (Fsp3) is 0.0588. The van der Waals surface area contributed by atoms with Gasteiger partial charge >= 0.3 is 0 Å². The molecule has 2 aromatic carbocycles. The molecule has 4 nitrogen and oxygen atoms in total. The van der Waals surface area contributed by atoms with Gasteiger partial charge < -0.3 is 5.32 Å². The van der Waals surface area contributed by atoms with Crippen LogP contribution in [0.15, 0.2) is 70.9 Å². The maximum Gasteiger partial charge on any atom is 0.271 e. The van der Waals surface area contributed by atoms with Crippen LogP contribution in [0, 0.1) is 6.92 Å². The number of benzene rings is 2. The van der Waals surface area contributed by atoms with Crippen molar-refractivity contribution >= 4 is 38.4 Å². The van der Waals surface area contributed by atoms with Crippen molar-refractivity contribution < 1.29 is 8.42 Å². The predicted molar refractivity (Wildman–Crippen MR) is 96.0 cm³/mol. The fourth-order valence-corrected chi connectivity index (χ4v) is 4.41. The molecule has 0 amide bonds. The monoisotopic (exact) mass is 344 g/mol. The Labute approximate surface area is 139 Å². The van der Waals surface area contributed by atoms with Crippen molar-refractivity contribution in [2.45, 2.75) is 11.1 Å². The van der Waals surface area contributed by atoms with E-state index in [1.165, 1.54) is 11.3 Å². The molecule has 118 valence electrons. The zero-order valence-corrected chi connectivity index (χ0v) is 14.1. The second-order valence-electron chi connectivity index (χ2n) is 5.04. The van der Waals surface area contributed by atoms with Crippen LogP contribution in [-0.2, 0) is 10.0 Å². The number of hydrogen-bond donors (Lipinski definition) is 2. The maximum atomic E-state index is 12.3. The number of sulfonamides is 1. The molecule has 0 saturated carbocycles. The molecule has 0 aliphatic carbocycles. The van der Waals surface area contributed by atoms with E-state index in [9.17, 15) is 8.42 Å². The van der Waals surface area contributed by atoms with Gasteiger partial charge in [0.15, 0.2) is 0 Å². The summed E-state index contributed by atoms with van der Waals surface area (Å²) in [7, 11) is -3.52. The second kappa shape index (κ2) is 6.44. The smallest absolute Gasteiger partial charge is 0.271 e. The first-order chi connectivity index (χ1) is 11.0. The summed E-state index contributed by atoms with van der Waals surface area (Å²) in [4.78, 5) is 0.966. The molecule has 1 aromatic heterocycles. The topological polar surface area (TPSA) is 58.2 Å². The van der Waals surface area contributed by atoms with Crippen LogP contribution in [0.1, 0.15) is 4.88 Å². The molecule has 3 aromatic rings. The van der Waals surface area contributed by atoms with E-state index in [0.29, 0.717) is 9.90 Å². The average Bonchev–Trinajstić information content (AvgIpc) is 2.98. The van der Waals surface area contributed by atoms with E-state index in [4.69, 9.17) is 0 Å². The second-order valence-corrected chi connectivity index (χ2v) is 8.24. The van der Waals surface area contributed by atoms with Gasteiger partial charge in [-0.3, -0.25) is 4.72 Å². The van der Waals surface area contributed by atoms with Gasteiger partial charge in [-0.05, 0) is 55.5 Å². The molecular formula is C17H16N2O2S2. The van der Waals surface area contributed by atoms with Crippen LogP contribution in [0.4, 0.5) is 17.1 Å². The molecule has 0 radical (unpaired) electrons. The Morgan fingerprint density at radius 2 is 1.39 bits per heavy atom. The molecule has 3 rings (SSSR count). The molecule has 0 spiro atoms. The van der Waals surface area contributed by atoms with E-state index in [-0.39, 0.29) is 0 Å². The molecule has 0 aliphatic rings. The minimum atomic E-state index is -3.52. The highest BCUT2D eigenvalue weighted by Crippen LogP contribution is 2.24. The molecule has 0 atom stereocenters. The van der Waals surface area contributed by atoms with Crippen molar-refractivity contribution in [2.75, 3.05) is 10.0 Å². The van der Waals surface area contributed by atoms with Crippen LogP contribution >= 0.6 is 11.3 Å². The first kappa shape index (κ1) is 15.6. The Morgan fingerprint density at radius 3 is 2.00 bits per heavy atom. The Kier molecular flexibility index (Phi) is 4.36. The van der Waals surface area contributed by atoms with Crippen LogP contribution in [0.3, 0.4) is 0 Å². The van der Waals surface area contributed by atoms with Crippen LogP contribution in [0.25, 0.3) is 0 Å². The van der Waals surface area contributed by atoms with Crippen LogP contribution in [0.5, 0.6) is 0 Å². The van der Waals surface area contributed by atoms with Crippen molar-refractivity contribution in [1.82, 2.24) is 0 Å². The first-order valence-electron chi connectivity index (χ1n) is 7.04. The Hall–Kier alpha value is -2.31. The van der Waals surface area contributed by atoms with E-state index >= 15 is 0 Å². The quantitative estimate of drug-likeness (QED) is 0.711. The fourth-order valence-electron chi connectivity index (χ4n) is 2.07. The molecule has 6 heteroatoms. The standard InChI is InChI=1S/C17H16N2O2S2/c1-13-7-12-17(22-13)23(20,21)19-16-10-8-15(9-11-16)18-14-5-3-2-4-6-14/h2-12,18-19H,1H3. The Bertz CT molecular complexity index is 886. The largest absolute Gasteiger partial charge is 0.356 e. The summed E-state index contributed by atoms with van der Waals surface area (Å²) < 4.78 is 27.5. The van der Waals surface area contributed by atoms with E-state index in [0.717, 1.165) is 16.3 Å². The summed E-state index contributed by atoms with van der Waals surface area (Å²) in [5.74, 6) is 0. The maximum absolute atomic E-state index is 12.3. The third kappa shape index (κ3) is 3.91. The van der Waals surface area contributed by atoms with Crippen molar-refractivity contribution in [3.05, 3.63) is 71.6 Å². The third-order valence-electron chi connectivity index (χ3n) is 3.18. The van der Waals surface area contributed by atoms with Gasteiger partial charge in [0.25, 0.3) is 10.0 Å². The third-order valence-corrected chi connectivity index (χ3v) is 6.05. The van der Waals surface area contributed by atoms with Crippen LogP contribution in [0.2, 0.25) is 0 Å². The minimum Gasteiger partial charge on any atom is -0.356 e. The number of nitrogens with one attached hydrogen (secondary N) is 2. The lowest BCUT2D eigenvalue weighted by atomic mass is 10.2. The lowest BCUT2D eigenvalue weighted by molar-refractivity contribution is 0.603. The van der Waals surface area contributed by atoms with E-state index in [1.807, 2.05) is 49.4 Å². The van der Waals surface area contributed by atoms with Gasteiger partial charge in [0, 0.05) is 21.9 Å². The molecule has 0 fully saturated rings. The molecular weight excluding hydrogens is 328 g/mol. The van der Waals surface area contributed by atoms with E-state index in [1.54, 1.807) is 24.3 Å². The van der Waals surface area contributed by atoms with Crippen molar-refractivity contribution in [1.29, 1.82) is 0 Å². The van der Waals surface area contributed by atoms with Gasteiger partial charge in [-0.25, -0.2) is 8.42 Å². The zero-order chi connectivity index (χ0) is 16.3. The number of thiophene rings is 1. The molecule has 0 bridgehead atoms. The molecule has 1 heterocycles. The Balaban J connectivity index is 1.72. The number of rotatable bonds is 5. The minimum absolute atomic E-state index is 0.321. The van der Waals surface area contributed by atoms with Crippen LogP contribution in [-0.4, -0.2) is 8.42 Å². The van der Waals surface area contributed by atoms with Crippen molar-refractivity contribution in [2.24, 2.45) is 0 Å². The molecule has 0 saturated heterocycles. The lowest BCUT2D eigenvalue weighted by Gasteiger charge is -2.09. The summed E-state index contributed by atoms with van der Waals surface area (Å²) in [5, 5.41) is 3.25. The summed E-state index contributed by atoms with van der Waals surface area (Å²) in [6.45, 7) is 1.88. The summed E-state index contributed by atoms with van der Waals surface area (Å²) in [6, 6.07) is 20.4. The highest BCUT2D eigenvalue weighted by atomic mass is 32.2. The molecule has 2 N–H and O–H groups in total. The van der Waals surface area contributed by atoms with Gasteiger partial charge in [0.1, 0.15) is 4.21 Å². The van der Waals surface area contributed by atoms with E-state index in [2.05, 4.69) is 10.0 Å². The number of aryl methyl sites for hydroxylation is 1. The van der Waals surface area contributed by atoms with E-state index < -0.39 is 10.0 Å². The van der Waals surface area contributed by atoms with Gasteiger partial charge in [-0.15, -0.1) is 11.3 Å². The average molecular weight is 344 g/mol. The van der Waals surface area contributed by atoms with Gasteiger partial charge in [-0.2, -0.15) is 0 Å². The summed E-state index contributed by atoms with van der Waals surface area (Å²) in [5.41, 5.74) is 2.41. The van der Waals surface area contributed by atoms with Gasteiger partial charge in [0.2, 0.25) is 0 Å². The SMILES string of the molecule is Cc1ccc(S(=O)(=O)Nc2ccc(Nc3ccccc3)cc2)s1. The number of anilines is 3. The summed E-state index contributed by atoms with van der Waals surface area (Å²) in [6.07, 6.45) is 0. The predicted octanol–water partition coefficient (Wildman–Crippen LogP) is 4.60. The Morgan fingerprint density at radius 1 is 0.783 bits per heavy atom. The normalized spacial score (nSPS) is 11.2. The highest BCUT2D eigenvalue weighted by molar-refractivity contribution is 7.94. The first-order valence-corrected chi connectivity index (χ1v) is 9.34. The van der Waals surface area contributed by atoms with Crippen molar-refractivity contribution in [3.8, 4) is 0 Å². The molecule has 23 heavy (non-hydrogen) atoms. The molecule has 0 unspecified atom stereocenters. The lowest BCUT2D eigenvalue weighted by Crippen LogP contribution is -2.11. The van der Waals surface area contributed by atoms with Crippen molar-refractivity contribution in [3.63, 3.8) is 0 Å². The highest BCUT2D eigenvalue weighted by Gasteiger charge is 2.16. The number of para-hydroxylation sites is 1. The summed E-state index contributed by atoms with van der Waals surface area (Å²) >= 11 is 1.26. The zero-order valence-electron chi connectivity index (χ0n) is 12.5. The van der Waals surface area contributed by atoms with Gasteiger partial charge in [-0.1, -0.05) is 18.2 Å². The van der Waals surface area contributed by atoms with Crippen LogP contribution < -0.4 is 10.0 Å². The van der Waals surface area contributed by atoms with Gasteiger partial charge in [0.05, 0.1) is 0 Å².